The molecule has 0 bridgehead atoms. The minimum Gasteiger partial charge on any atom is -0.335 e. The van der Waals surface area contributed by atoms with Crippen LogP contribution >= 0.6 is 15.9 Å². The topological polar surface area (TPSA) is 41.1 Å². The van der Waals surface area contributed by atoms with E-state index in [-0.39, 0.29) is 12.1 Å². The zero-order chi connectivity index (χ0) is 12.8. The average molecular weight is 299 g/mol. The van der Waals surface area contributed by atoms with Crippen molar-refractivity contribution in [3.63, 3.8) is 0 Å². The van der Waals surface area contributed by atoms with Crippen LogP contribution in [-0.4, -0.2) is 12.1 Å². The van der Waals surface area contributed by atoms with E-state index >= 15 is 0 Å². The zero-order valence-corrected chi connectivity index (χ0v) is 12.0. The van der Waals surface area contributed by atoms with E-state index in [1.807, 2.05) is 31.2 Å². The maximum absolute atomic E-state index is 11.7. The highest BCUT2D eigenvalue weighted by atomic mass is 79.9. The van der Waals surface area contributed by atoms with E-state index in [1.54, 1.807) is 0 Å². The van der Waals surface area contributed by atoms with Gasteiger partial charge in [-0.05, 0) is 43.5 Å². The van der Waals surface area contributed by atoms with Gasteiger partial charge in [-0.1, -0.05) is 29.8 Å². The Kier molecular flexibility index (Phi) is 5.48. The van der Waals surface area contributed by atoms with Crippen molar-refractivity contribution in [2.24, 2.45) is 5.92 Å². The number of carbonyl (C=O) groups is 1. The second-order valence-corrected chi connectivity index (χ2v) is 5.55. The Labute approximate surface area is 111 Å². The molecule has 0 heterocycles. The number of anilines is 1. The normalized spacial score (nSPS) is 12.3. The number of amides is 2. The Morgan fingerprint density at radius 2 is 1.82 bits per heavy atom. The van der Waals surface area contributed by atoms with Crippen molar-refractivity contribution in [1.29, 1.82) is 0 Å². The summed E-state index contributed by atoms with van der Waals surface area (Å²) in [6.45, 7) is 6.30. The van der Waals surface area contributed by atoms with Crippen LogP contribution in [0.15, 0.2) is 28.7 Å². The predicted molar refractivity (Wildman–Crippen MR) is 75.2 cm³/mol. The van der Waals surface area contributed by atoms with Crippen LogP contribution in [0.5, 0.6) is 0 Å². The highest BCUT2D eigenvalue weighted by Crippen LogP contribution is 2.14. The molecule has 0 aliphatic rings. The Bertz CT molecular complexity index is 362. The Hall–Kier alpha value is -1.03. The number of hydrogen-bond acceptors (Lipinski definition) is 1. The van der Waals surface area contributed by atoms with Crippen molar-refractivity contribution in [3.05, 3.63) is 28.7 Å². The first-order valence-electron chi connectivity index (χ1n) is 5.80. The first kappa shape index (κ1) is 14.0. The molecule has 2 N–H and O–H groups in total. The van der Waals surface area contributed by atoms with Gasteiger partial charge in [0, 0.05) is 16.2 Å². The van der Waals surface area contributed by atoms with Gasteiger partial charge in [-0.2, -0.15) is 0 Å². The lowest BCUT2D eigenvalue weighted by atomic mass is 10.1. The lowest BCUT2D eigenvalue weighted by Gasteiger charge is -2.16. The van der Waals surface area contributed by atoms with Gasteiger partial charge in [0.25, 0.3) is 0 Å². The number of hydrogen-bond donors (Lipinski definition) is 2. The number of halogens is 1. The van der Waals surface area contributed by atoms with E-state index in [1.165, 1.54) is 0 Å². The van der Waals surface area contributed by atoms with Crippen molar-refractivity contribution in [2.45, 2.75) is 33.2 Å². The molecule has 0 aliphatic carbocycles. The van der Waals surface area contributed by atoms with E-state index in [4.69, 9.17) is 0 Å². The molecular formula is C13H19BrN2O. The molecule has 17 heavy (non-hydrogen) atoms. The van der Waals surface area contributed by atoms with Crippen molar-refractivity contribution in [2.75, 3.05) is 5.32 Å². The van der Waals surface area contributed by atoms with Crippen LogP contribution in [0, 0.1) is 5.92 Å². The summed E-state index contributed by atoms with van der Waals surface area (Å²) in [7, 11) is 0. The summed E-state index contributed by atoms with van der Waals surface area (Å²) in [4.78, 5) is 11.7. The van der Waals surface area contributed by atoms with Gasteiger partial charge in [0.1, 0.15) is 0 Å². The number of benzene rings is 1. The Morgan fingerprint density at radius 3 is 2.35 bits per heavy atom. The Morgan fingerprint density at radius 1 is 1.24 bits per heavy atom. The molecule has 1 rings (SSSR count). The summed E-state index contributed by atoms with van der Waals surface area (Å²) >= 11 is 3.35. The molecule has 0 spiro atoms. The second kappa shape index (κ2) is 6.64. The maximum Gasteiger partial charge on any atom is 0.319 e. The fourth-order valence-corrected chi connectivity index (χ4v) is 1.95. The van der Waals surface area contributed by atoms with Gasteiger partial charge in [-0.15, -0.1) is 0 Å². The summed E-state index contributed by atoms with van der Waals surface area (Å²) in [6, 6.07) is 7.54. The molecular weight excluding hydrogens is 280 g/mol. The van der Waals surface area contributed by atoms with Gasteiger partial charge in [-0.25, -0.2) is 4.79 Å². The number of urea groups is 1. The van der Waals surface area contributed by atoms with Gasteiger partial charge in [-0.3, -0.25) is 0 Å². The molecule has 0 saturated heterocycles. The van der Waals surface area contributed by atoms with Crippen molar-refractivity contribution >= 4 is 27.6 Å². The second-order valence-electron chi connectivity index (χ2n) is 4.64. The van der Waals surface area contributed by atoms with Crippen molar-refractivity contribution in [3.8, 4) is 0 Å². The van der Waals surface area contributed by atoms with Crippen LogP contribution in [0.1, 0.15) is 27.2 Å². The van der Waals surface area contributed by atoms with Gasteiger partial charge < -0.3 is 10.6 Å². The summed E-state index contributed by atoms with van der Waals surface area (Å²) in [5, 5.41) is 5.71. The third-order valence-corrected chi connectivity index (χ3v) is 2.83. The van der Waals surface area contributed by atoms with Crippen LogP contribution in [-0.2, 0) is 0 Å². The largest absolute Gasteiger partial charge is 0.335 e. The van der Waals surface area contributed by atoms with E-state index in [0.29, 0.717) is 5.92 Å². The van der Waals surface area contributed by atoms with Crippen LogP contribution in [0.3, 0.4) is 0 Å². The first-order chi connectivity index (χ1) is 7.97. The monoisotopic (exact) mass is 298 g/mol. The molecule has 0 fully saturated rings. The minimum absolute atomic E-state index is 0.152. The maximum atomic E-state index is 11.7. The highest BCUT2D eigenvalue weighted by Gasteiger charge is 2.08. The third kappa shape index (κ3) is 5.73. The molecule has 0 radical (unpaired) electrons. The molecule has 94 valence electrons. The van der Waals surface area contributed by atoms with E-state index in [9.17, 15) is 4.79 Å². The predicted octanol–water partition coefficient (Wildman–Crippen LogP) is 4.01. The molecule has 1 aromatic carbocycles. The average Bonchev–Trinajstić information content (AvgIpc) is 2.19. The van der Waals surface area contributed by atoms with E-state index < -0.39 is 0 Å². The number of carbonyl (C=O) groups excluding carboxylic acids is 1. The molecule has 4 heteroatoms. The van der Waals surface area contributed by atoms with Crippen molar-refractivity contribution < 1.29 is 4.79 Å². The van der Waals surface area contributed by atoms with Gasteiger partial charge in [0.15, 0.2) is 0 Å². The molecule has 1 atom stereocenters. The van der Waals surface area contributed by atoms with Crippen LogP contribution < -0.4 is 10.6 Å². The number of rotatable bonds is 4. The fraction of sp³-hybridized carbons (Fsp3) is 0.462. The zero-order valence-electron chi connectivity index (χ0n) is 10.5. The molecule has 0 unspecified atom stereocenters. The smallest absolute Gasteiger partial charge is 0.319 e. The van der Waals surface area contributed by atoms with Gasteiger partial charge in [0.2, 0.25) is 0 Å². The molecule has 2 amide bonds. The van der Waals surface area contributed by atoms with Crippen LogP contribution in [0.25, 0.3) is 0 Å². The molecule has 0 aliphatic heterocycles. The lowest BCUT2D eigenvalue weighted by Crippen LogP contribution is -2.36. The molecule has 3 nitrogen and oxygen atoms in total. The fourth-order valence-electron chi connectivity index (χ4n) is 1.69. The Balaban J connectivity index is 2.41. The van der Waals surface area contributed by atoms with Crippen LogP contribution in [0.2, 0.25) is 0 Å². The first-order valence-corrected chi connectivity index (χ1v) is 6.59. The third-order valence-electron chi connectivity index (χ3n) is 2.30. The van der Waals surface area contributed by atoms with Gasteiger partial charge >= 0.3 is 6.03 Å². The van der Waals surface area contributed by atoms with E-state index in [0.717, 1.165) is 16.6 Å². The summed E-state index contributed by atoms with van der Waals surface area (Å²) in [5.74, 6) is 0.581. The summed E-state index contributed by atoms with van der Waals surface area (Å²) < 4.78 is 0.997. The van der Waals surface area contributed by atoms with Gasteiger partial charge in [0.05, 0.1) is 0 Å². The lowest BCUT2D eigenvalue weighted by molar-refractivity contribution is 0.247. The number of nitrogens with one attached hydrogen (secondary N) is 2. The van der Waals surface area contributed by atoms with E-state index in [2.05, 4.69) is 40.4 Å². The molecule has 0 aromatic heterocycles. The minimum atomic E-state index is -0.152. The van der Waals surface area contributed by atoms with Crippen LogP contribution in [0.4, 0.5) is 10.5 Å². The highest BCUT2D eigenvalue weighted by molar-refractivity contribution is 9.10. The molecule has 1 aromatic rings. The SMILES string of the molecule is CC(C)C[C@@H](C)NC(=O)Nc1ccc(Br)cc1. The molecule has 0 saturated carbocycles. The quantitative estimate of drug-likeness (QED) is 0.866. The van der Waals surface area contributed by atoms with Crippen molar-refractivity contribution in [1.82, 2.24) is 5.32 Å². The summed E-state index contributed by atoms with van der Waals surface area (Å²) in [5.41, 5.74) is 0.794. The summed E-state index contributed by atoms with van der Waals surface area (Å²) in [6.07, 6.45) is 0.980. The standard InChI is InChI=1S/C13H19BrN2O/c1-9(2)8-10(3)15-13(17)16-12-6-4-11(14)5-7-12/h4-7,9-10H,8H2,1-3H3,(H2,15,16,17)/t10-/m1/s1.